The molecule has 0 saturated heterocycles. The molecule has 1 aromatic carbocycles. The van der Waals surface area contributed by atoms with Crippen molar-refractivity contribution in [3.05, 3.63) is 40.7 Å². The molecular weight excluding hydrogens is 438 g/mol. The number of rotatable bonds is 9. The molecule has 168 valence electrons. The van der Waals surface area contributed by atoms with Gasteiger partial charge in [-0.05, 0) is 38.0 Å². The van der Waals surface area contributed by atoms with E-state index in [-0.39, 0.29) is 30.2 Å². The van der Waals surface area contributed by atoms with Gasteiger partial charge in [0.2, 0.25) is 5.91 Å². The average molecular weight is 466 g/mol. The number of benzene rings is 1. The number of carbonyl (C=O) groups is 2. The van der Waals surface area contributed by atoms with Gasteiger partial charge in [0.05, 0.1) is 12.4 Å². The van der Waals surface area contributed by atoms with Crippen LogP contribution in [-0.4, -0.2) is 50.1 Å². The number of hydrogen-bond donors (Lipinski definition) is 3. The first kappa shape index (κ1) is 23.6. The Balaban J connectivity index is 1.63. The highest BCUT2D eigenvalue weighted by atomic mass is 35.5. The van der Waals surface area contributed by atoms with Crippen molar-refractivity contribution in [3.63, 3.8) is 0 Å². The lowest BCUT2D eigenvalue weighted by atomic mass is 9.95. The fourth-order valence-electron chi connectivity index (χ4n) is 3.67. The summed E-state index contributed by atoms with van der Waals surface area (Å²) < 4.78 is 1.80. The SMILES string of the molecule is CCn1c(SCC(=O)NC2CCCCC2)nnc1[C@H](CO)NC(=O)c1cccc(Cl)c1. The summed E-state index contributed by atoms with van der Waals surface area (Å²) in [6, 6.07) is 6.11. The molecule has 0 radical (unpaired) electrons. The van der Waals surface area contributed by atoms with Gasteiger partial charge >= 0.3 is 0 Å². The number of halogens is 1. The molecule has 1 aliphatic rings. The summed E-state index contributed by atoms with van der Waals surface area (Å²) in [4.78, 5) is 24.9. The summed E-state index contributed by atoms with van der Waals surface area (Å²) in [5.74, 6) is 0.300. The maximum absolute atomic E-state index is 12.6. The smallest absolute Gasteiger partial charge is 0.252 e. The topological polar surface area (TPSA) is 109 Å². The Bertz CT molecular complexity index is 901. The van der Waals surface area contributed by atoms with Crippen LogP contribution in [0.1, 0.15) is 61.3 Å². The number of aliphatic hydroxyl groups is 1. The Kier molecular flexibility index (Phi) is 8.74. The highest BCUT2D eigenvalue weighted by Crippen LogP contribution is 2.22. The highest BCUT2D eigenvalue weighted by Gasteiger charge is 2.23. The monoisotopic (exact) mass is 465 g/mol. The van der Waals surface area contributed by atoms with Gasteiger partial charge < -0.3 is 20.3 Å². The van der Waals surface area contributed by atoms with Crippen LogP contribution in [0.4, 0.5) is 0 Å². The third kappa shape index (κ3) is 6.44. The van der Waals surface area contributed by atoms with Gasteiger partial charge in [0.1, 0.15) is 6.04 Å². The molecule has 1 atom stereocenters. The van der Waals surface area contributed by atoms with Crippen molar-refractivity contribution in [1.82, 2.24) is 25.4 Å². The molecule has 1 fully saturated rings. The molecule has 8 nitrogen and oxygen atoms in total. The van der Waals surface area contributed by atoms with E-state index in [1.54, 1.807) is 28.8 Å². The van der Waals surface area contributed by atoms with Crippen LogP contribution in [0, 0.1) is 0 Å². The molecule has 2 aromatic rings. The lowest BCUT2D eigenvalue weighted by molar-refractivity contribution is -0.119. The Hall–Kier alpha value is -2.10. The molecular formula is C21H28ClN5O3S. The van der Waals surface area contributed by atoms with E-state index in [0.29, 0.717) is 28.1 Å². The summed E-state index contributed by atoms with van der Waals surface area (Å²) in [6.07, 6.45) is 5.64. The zero-order valence-corrected chi connectivity index (χ0v) is 19.1. The number of aromatic nitrogens is 3. The van der Waals surface area contributed by atoms with Crippen molar-refractivity contribution >= 4 is 35.2 Å². The van der Waals surface area contributed by atoms with Crippen LogP contribution in [0.15, 0.2) is 29.4 Å². The fourth-order valence-corrected chi connectivity index (χ4v) is 4.68. The predicted molar refractivity (Wildman–Crippen MR) is 120 cm³/mol. The van der Waals surface area contributed by atoms with E-state index in [2.05, 4.69) is 20.8 Å². The second-order valence-corrected chi connectivity index (χ2v) is 8.87. The van der Waals surface area contributed by atoms with Gasteiger partial charge in [-0.15, -0.1) is 10.2 Å². The van der Waals surface area contributed by atoms with Gasteiger partial charge in [-0.25, -0.2) is 0 Å². The van der Waals surface area contributed by atoms with Crippen LogP contribution in [0.5, 0.6) is 0 Å². The van der Waals surface area contributed by atoms with Crippen molar-refractivity contribution < 1.29 is 14.7 Å². The van der Waals surface area contributed by atoms with Crippen molar-refractivity contribution in [1.29, 1.82) is 0 Å². The standard InChI is InChI=1S/C21H28ClN5O3S/c1-2-27-19(17(12-28)24-20(30)14-7-6-8-15(22)11-14)25-26-21(27)31-13-18(29)23-16-9-4-3-5-10-16/h6-8,11,16-17,28H,2-5,9-10,12-13H2,1H3,(H,23,29)(H,24,30)/t17-/m0/s1. The number of thioether (sulfide) groups is 1. The number of nitrogens with zero attached hydrogens (tertiary/aromatic N) is 3. The summed E-state index contributed by atoms with van der Waals surface area (Å²) in [6.45, 7) is 2.13. The maximum Gasteiger partial charge on any atom is 0.252 e. The normalized spacial score (nSPS) is 15.5. The van der Waals surface area contributed by atoms with E-state index < -0.39 is 6.04 Å². The number of aliphatic hydroxyl groups excluding tert-OH is 1. The fraction of sp³-hybridized carbons (Fsp3) is 0.524. The van der Waals surface area contributed by atoms with E-state index in [1.807, 2.05) is 6.92 Å². The Morgan fingerprint density at radius 3 is 2.74 bits per heavy atom. The highest BCUT2D eigenvalue weighted by molar-refractivity contribution is 7.99. The molecule has 1 aromatic heterocycles. The van der Waals surface area contributed by atoms with Crippen molar-refractivity contribution in [2.75, 3.05) is 12.4 Å². The van der Waals surface area contributed by atoms with Crippen LogP contribution in [0.25, 0.3) is 0 Å². The van der Waals surface area contributed by atoms with Crippen LogP contribution in [0.2, 0.25) is 5.02 Å². The van der Waals surface area contributed by atoms with Gasteiger partial charge in [-0.1, -0.05) is 48.7 Å². The first-order valence-electron chi connectivity index (χ1n) is 10.5. The van der Waals surface area contributed by atoms with Crippen LogP contribution >= 0.6 is 23.4 Å². The Morgan fingerprint density at radius 2 is 2.06 bits per heavy atom. The molecule has 0 aliphatic heterocycles. The predicted octanol–water partition coefficient (Wildman–Crippen LogP) is 2.96. The minimum atomic E-state index is -0.732. The molecule has 0 bridgehead atoms. The third-order valence-corrected chi connectivity index (χ3v) is 6.45. The van der Waals surface area contributed by atoms with E-state index in [1.165, 1.54) is 18.2 Å². The van der Waals surface area contributed by atoms with Gasteiger partial charge in [0, 0.05) is 23.2 Å². The second-order valence-electron chi connectivity index (χ2n) is 7.50. The lowest BCUT2D eigenvalue weighted by Crippen LogP contribution is -2.37. The minimum absolute atomic E-state index is 0.0166. The maximum atomic E-state index is 12.6. The summed E-state index contributed by atoms with van der Waals surface area (Å²) in [5, 5.41) is 25.1. The van der Waals surface area contributed by atoms with E-state index in [4.69, 9.17) is 11.6 Å². The number of hydrogen-bond acceptors (Lipinski definition) is 6. The van der Waals surface area contributed by atoms with Crippen molar-refractivity contribution in [3.8, 4) is 0 Å². The summed E-state index contributed by atoms with van der Waals surface area (Å²) >= 11 is 7.26. The molecule has 3 N–H and O–H groups in total. The molecule has 1 saturated carbocycles. The minimum Gasteiger partial charge on any atom is -0.394 e. The molecule has 1 aliphatic carbocycles. The molecule has 31 heavy (non-hydrogen) atoms. The molecule has 2 amide bonds. The van der Waals surface area contributed by atoms with E-state index in [9.17, 15) is 14.7 Å². The zero-order valence-electron chi connectivity index (χ0n) is 17.5. The average Bonchev–Trinajstić information content (AvgIpc) is 3.19. The summed E-state index contributed by atoms with van der Waals surface area (Å²) in [5.41, 5.74) is 0.391. The number of carbonyl (C=O) groups excluding carboxylic acids is 2. The van der Waals surface area contributed by atoms with Crippen molar-refractivity contribution in [2.24, 2.45) is 0 Å². The molecule has 0 spiro atoms. The van der Waals surface area contributed by atoms with Crippen LogP contribution < -0.4 is 10.6 Å². The number of nitrogens with one attached hydrogen (secondary N) is 2. The lowest BCUT2D eigenvalue weighted by Gasteiger charge is -2.22. The van der Waals surface area contributed by atoms with E-state index in [0.717, 1.165) is 25.7 Å². The van der Waals surface area contributed by atoms with Crippen LogP contribution in [0.3, 0.4) is 0 Å². The molecule has 10 heteroatoms. The van der Waals surface area contributed by atoms with E-state index >= 15 is 0 Å². The molecule has 0 unspecified atom stereocenters. The summed E-state index contributed by atoms with van der Waals surface area (Å²) in [7, 11) is 0. The van der Waals surface area contributed by atoms with Gasteiger partial charge in [0.15, 0.2) is 11.0 Å². The van der Waals surface area contributed by atoms with Gasteiger partial charge in [-0.3, -0.25) is 9.59 Å². The number of amides is 2. The zero-order chi connectivity index (χ0) is 22.2. The van der Waals surface area contributed by atoms with Crippen LogP contribution in [-0.2, 0) is 11.3 Å². The first-order valence-corrected chi connectivity index (χ1v) is 11.9. The second kappa shape index (κ2) is 11.5. The van der Waals surface area contributed by atoms with Gasteiger partial charge in [0.25, 0.3) is 5.91 Å². The Morgan fingerprint density at radius 1 is 1.29 bits per heavy atom. The third-order valence-electron chi connectivity index (χ3n) is 5.25. The Labute approximate surface area is 191 Å². The molecule has 1 heterocycles. The largest absolute Gasteiger partial charge is 0.394 e. The van der Waals surface area contributed by atoms with Crippen molar-refractivity contribution in [2.45, 2.75) is 62.8 Å². The first-order chi connectivity index (χ1) is 15.0. The van der Waals surface area contributed by atoms with Gasteiger partial charge in [-0.2, -0.15) is 0 Å². The quantitative estimate of drug-likeness (QED) is 0.491. The molecule has 3 rings (SSSR count).